The Kier molecular flexibility index (Phi) is 4.43. The molecule has 0 aromatic heterocycles. The van der Waals surface area contributed by atoms with Gasteiger partial charge in [-0.15, -0.1) is 0 Å². The molecule has 0 radical (unpaired) electrons. The van der Waals surface area contributed by atoms with Crippen molar-refractivity contribution in [2.75, 3.05) is 16.8 Å². The highest BCUT2D eigenvalue weighted by Crippen LogP contribution is 2.45. The zero-order valence-electron chi connectivity index (χ0n) is 13.3. The maximum absolute atomic E-state index is 13.1. The fraction of sp³-hybridized carbons (Fsp3) is 0.0556. The highest BCUT2D eigenvalue weighted by molar-refractivity contribution is 9.10. The topological polar surface area (TPSA) is 40.6 Å². The predicted octanol–water partition coefficient (Wildman–Crippen LogP) is 4.85. The van der Waals surface area contributed by atoms with Crippen molar-refractivity contribution in [3.8, 4) is 0 Å². The van der Waals surface area contributed by atoms with Gasteiger partial charge in [0.2, 0.25) is 0 Å². The largest absolute Gasteiger partial charge is 0.311 e. The van der Waals surface area contributed by atoms with Crippen molar-refractivity contribution >= 4 is 84.6 Å². The van der Waals surface area contributed by atoms with E-state index in [-0.39, 0.29) is 11.8 Å². The van der Waals surface area contributed by atoms with Crippen LogP contribution in [-0.4, -0.2) is 23.2 Å². The summed E-state index contributed by atoms with van der Waals surface area (Å²) in [6.07, 6.45) is 0. The summed E-state index contributed by atoms with van der Waals surface area (Å²) in [7, 11) is 1.69. The SMILES string of the molecule is CN1C(=O)C(=C2SC(=S)N(c3cccc(Cl)c3)C2=O)c2cc(Br)ccc21. The first-order valence-electron chi connectivity index (χ1n) is 7.52. The Morgan fingerprint density at radius 2 is 1.88 bits per heavy atom. The van der Waals surface area contributed by atoms with E-state index >= 15 is 0 Å². The molecule has 0 atom stereocenters. The van der Waals surface area contributed by atoms with Gasteiger partial charge in [0.25, 0.3) is 11.8 Å². The van der Waals surface area contributed by atoms with Crippen LogP contribution < -0.4 is 9.80 Å². The zero-order chi connectivity index (χ0) is 18.6. The number of benzene rings is 2. The molecule has 2 aliphatic heterocycles. The summed E-state index contributed by atoms with van der Waals surface area (Å²) < 4.78 is 1.21. The minimum absolute atomic E-state index is 0.218. The highest BCUT2D eigenvalue weighted by Gasteiger charge is 2.41. The third-order valence-electron chi connectivity index (χ3n) is 4.17. The molecular formula is C18H10BrClN2O2S2. The molecule has 130 valence electrons. The van der Waals surface area contributed by atoms with Gasteiger partial charge in [0.1, 0.15) is 0 Å². The summed E-state index contributed by atoms with van der Waals surface area (Å²) in [5.74, 6) is -0.531. The number of carbonyl (C=O) groups excluding carboxylic acids is 2. The van der Waals surface area contributed by atoms with Crippen molar-refractivity contribution < 1.29 is 9.59 Å². The number of likely N-dealkylation sites (N-methyl/N-ethyl adjacent to an activating group) is 1. The summed E-state index contributed by atoms with van der Waals surface area (Å²) in [4.78, 5) is 29.2. The van der Waals surface area contributed by atoms with E-state index in [1.165, 1.54) is 4.90 Å². The highest BCUT2D eigenvalue weighted by atomic mass is 79.9. The van der Waals surface area contributed by atoms with Gasteiger partial charge in [-0.1, -0.05) is 57.6 Å². The Balaban J connectivity index is 1.87. The molecule has 1 fully saturated rings. The van der Waals surface area contributed by atoms with Crippen LogP contribution in [-0.2, 0) is 9.59 Å². The van der Waals surface area contributed by atoms with E-state index in [0.29, 0.717) is 25.5 Å². The van der Waals surface area contributed by atoms with Crippen LogP contribution in [0.25, 0.3) is 5.57 Å². The number of fused-ring (bicyclic) bond motifs is 1. The van der Waals surface area contributed by atoms with Gasteiger partial charge in [0, 0.05) is 22.1 Å². The van der Waals surface area contributed by atoms with E-state index in [1.54, 1.807) is 36.2 Å². The number of nitrogens with zero attached hydrogens (tertiary/aromatic N) is 2. The van der Waals surface area contributed by atoms with E-state index in [9.17, 15) is 9.59 Å². The standard InChI is InChI=1S/C18H10BrClN2O2S2/c1-21-13-6-5-9(19)7-12(13)14(16(21)23)15-17(24)22(18(25)26-15)11-4-2-3-10(20)8-11/h2-8H,1H3. The Morgan fingerprint density at radius 1 is 1.12 bits per heavy atom. The quantitative estimate of drug-likeness (QED) is 0.446. The Morgan fingerprint density at radius 3 is 2.62 bits per heavy atom. The Labute approximate surface area is 172 Å². The number of amides is 2. The molecule has 0 bridgehead atoms. The van der Waals surface area contributed by atoms with Crippen LogP contribution in [0.4, 0.5) is 11.4 Å². The fourth-order valence-corrected chi connectivity index (χ4v) is 4.89. The third-order valence-corrected chi connectivity index (χ3v) is 6.27. The second-order valence-corrected chi connectivity index (χ2v) is 8.71. The van der Waals surface area contributed by atoms with Crippen molar-refractivity contribution in [1.29, 1.82) is 0 Å². The first-order chi connectivity index (χ1) is 12.4. The normalized spacial score (nSPS) is 19.6. The maximum atomic E-state index is 13.1. The maximum Gasteiger partial charge on any atom is 0.271 e. The second kappa shape index (κ2) is 6.49. The first kappa shape index (κ1) is 17.7. The van der Waals surface area contributed by atoms with Crippen LogP contribution in [0.5, 0.6) is 0 Å². The molecule has 4 nitrogen and oxygen atoms in total. The molecule has 0 spiro atoms. The summed E-state index contributed by atoms with van der Waals surface area (Å²) in [6.45, 7) is 0. The van der Waals surface area contributed by atoms with Crippen LogP contribution in [0, 0.1) is 0 Å². The number of anilines is 2. The molecular weight excluding hydrogens is 456 g/mol. The van der Waals surface area contributed by atoms with Gasteiger partial charge in [-0.3, -0.25) is 14.5 Å². The lowest BCUT2D eigenvalue weighted by Gasteiger charge is -2.14. The molecule has 0 unspecified atom stereocenters. The van der Waals surface area contributed by atoms with E-state index in [4.69, 9.17) is 23.8 Å². The van der Waals surface area contributed by atoms with Gasteiger partial charge in [0.15, 0.2) is 4.32 Å². The number of rotatable bonds is 1. The Bertz CT molecular complexity index is 1040. The third kappa shape index (κ3) is 2.70. The lowest BCUT2D eigenvalue weighted by molar-refractivity contribution is -0.115. The van der Waals surface area contributed by atoms with Crippen LogP contribution in [0.3, 0.4) is 0 Å². The monoisotopic (exact) mass is 464 g/mol. The predicted molar refractivity (Wildman–Crippen MR) is 114 cm³/mol. The fourth-order valence-electron chi connectivity index (χ4n) is 2.97. The summed E-state index contributed by atoms with van der Waals surface area (Å²) >= 11 is 16.0. The molecule has 8 heteroatoms. The van der Waals surface area contributed by atoms with Crippen molar-refractivity contribution in [2.24, 2.45) is 0 Å². The van der Waals surface area contributed by atoms with Gasteiger partial charge in [0.05, 0.1) is 21.9 Å². The van der Waals surface area contributed by atoms with E-state index < -0.39 is 0 Å². The van der Waals surface area contributed by atoms with Gasteiger partial charge in [-0.25, -0.2) is 0 Å². The molecule has 1 saturated heterocycles. The first-order valence-corrected chi connectivity index (χ1v) is 9.92. The number of hydrogen-bond acceptors (Lipinski definition) is 4. The molecule has 0 saturated carbocycles. The van der Waals surface area contributed by atoms with Crippen molar-refractivity contribution in [2.45, 2.75) is 0 Å². The number of thioether (sulfide) groups is 1. The lowest BCUT2D eigenvalue weighted by atomic mass is 10.1. The van der Waals surface area contributed by atoms with Gasteiger partial charge >= 0.3 is 0 Å². The Hall–Kier alpha value is -1.67. The minimum atomic E-state index is -0.313. The molecule has 2 aromatic rings. The molecule has 2 heterocycles. The van der Waals surface area contributed by atoms with Crippen LogP contribution in [0.2, 0.25) is 5.02 Å². The van der Waals surface area contributed by atoms with Crippen molar-refractivity contribution in [3.05, 3.63) is 62.4 Å². The number of thiocarbonyl (C=S) groups is 1. The molecule has 0 aliphatic carbocycles. The van der Waals surface area contributed by atoms with E-state index in [1.807, 2.05) is 18.2 Å². The number of halogens is 2. The summed E-state index contributed by atoms with van der Waals surface area (Å²) in [5.41, 5.74) is 2.45. The number of carbonyl (C=O) groups is 2. The summed E-state index contributed by atoms with van der Waals surface area (Å²) in [5, 5.41) is 0.509. The van der Waals surface area contributed by atoms with Crippen molar-refractivity contribution in [1.82, 2.24) is 0 Å². The molecule has 2 aliphatic rings. The van der Waals surface area contributed by atoms with Crippen molar-refractivity contribution in [3.63, 3.8) is 0 Å². The molecule has 4 rings (SSSR count). The average molecular weight is 466 g/mol. The lowest BCUT2D eigenvalue weighted by Crippen LogP contribution is -2.28. The minimum Gasteiger partial charge on any atom is -0.311 e. The van der Waals surface area contributed by atoms with Gasteiger partial charge in [-0.05, 0) is 36.4 Å². The van der Waals surface area contributed by atoms with Gasteiger partial charge in [-0.2, -0.15) is 0 Å². The summed E-state index contributed by atoms with van der Waals surface area (Å²) in [6, 6.07) is 12.5. The molecule has 2 amide bonds. The average Bonchev–Trinajstić information content (AvgIpc) is 3.01. The van der Waals surface area contributed by atoms with Crippen LogP contribution >= 0.6 is 51.5 Å². The van der Waals surface area contributed by atoms with Gasteiger partial charge < -0.3 is 4.90 Å². The second-order valence-electron chi connectivity index (χ2n) is 5.72. The smallest absolute Gasteiger partial charge is 0.271 e. The van der Waals surface area contributed by atoms with Crippen LogP contribution in [0.15, 0.2) is 51.8 Å². The van der Waals surface area contributed by atoms with E-state index in [2.05, 4.69) is 15.9 Å². The molecule has 0 N–H and O–H groups in total. The van der Waals surface area contributed by atoms with Crippen LogP contribution in [0.1, 0.15) is 5.56 Å². The molecule has 26 heavy (non-hydrogen) atoms. The number of hydrogen-bond donors (Lipinski definition) is 0. The zero-order valence-corrected chi connectivity index (χ0v) is 17.3. The molecule has 2 aromatic carbocycles. The van der Waals surface area contributed by atoms with E-state index in [0.717, 1.165) is 27.5 Å².